The number of pyridine rings is 1. The van der Waals surface area contributed by atoms with E-state index in [1.54, 1.807) is 37.2 Å². The molecule has 0 spiro atoms. The summed E-state index contributed by atoms with van der Waals surface area (Å²) in [4.78, 5) is 12.5. The predicted octanol–water partition coefficient (Wildman–Crippen LogP) is 2.07. The molecule has 19 heavy (non-hydrogen) atoms. The number of rotatable bonds is 3. The van der Waals surface area contributed by atoms with Crippen LogP contribution in [0.15, 0.2) is 55.4 Å². The first-order valence-electron chi connectivity index (χ1n) is 5.68. The van der Waals surface area contributed by atoms with Crippen molar-refractivity contribution in [2.45, 2.75) is 0 Å². The minimum absolute atomic E-state index is 0.527. The highest BCUT2D eigenvalue weighted by molar-refractivity contribution is 5.61. The molecule has 0 aliphatic carbocycles. The van der Waals surface area contributed by atoms with Gasteiger partial charge >= 0.3 is 0 Å². The Hall–Kier alpha value is -2.89. The van der Waals surface area contributed by atoms with Gasteiger partial charge in [0.05, 0.1) is 24.3 Å². The maximum absolute atomic E-state index is 4.25. The summed E-state index contributed by atoms with van der Waals surface area (Å²) in [6, 6.07) is 5.61. The molecule has 0 aromatic carbocycles. The fourth-order valence-electron chi connectivity index (χ4n) is 1.57. The standard InChI is InChI=1S/C13H10N6/c1-2-12(9-14-4-1)19-13-15-6-11(7-16-13)10-3-5-17-18-8-10/h1-9H,(H,15,16,19). The van der Waals surface area contributed by atoms with Crippen molar-refractivity contribution in [3.8, 4) is 11.1 Å². The minimum Gasteiger partial charge on any atom is -0.323 e. The van der Waals surface area contributed by atoms with Crippen LogP contribution in [0, 0.1) is 0 Å². The second-order valence-corrected chi connectivity index (χ2v) is 3.79. The van der Waals surface area contributed by atoms with Gasteiger partial charge in [-0.2, -0.15) is 10.2 Å². The average molecular weight is 250 g/mol. The van der Waals surface area contributed by atoms with Gasteiger partial charge in [0.15, 0.2) is 0 Å². The van der Waals surface area contributed by atoms with Crippen molar-refractivity contribution >= 4 is 11.6 Å². The first-order valence-corrected chi connectivity index (χ1v) is 5.68. The Labute approximate surface area is 109 Å². The maximum atomic E-state index is 4.25. The van der Waals surface area contributed by atoms with E-state index in [0.29, 0.717) is 5.95 Å². The summed E-state index contributed by atoms with van der Waals surface area (Å²) in [7, 11) is 0. The molecule has 0 aliphatic rings. The van der Waals surface area contributed by atoms with Crippen LogP contribution in [0.4, 0.5) is 11.6 Å². The van der Waals surface area contributed by atoms with Gasteiger partial charge in [0, 0.05) is 29.7 Å². The lowest BCUT2D eigenvalue weighted by molar-refractivity contribution is 1.03. The number of hydrogen-bond acceptors (Lipinski definition) is 6. The topological polar surface area (TPSA) is 76.5 Å². The Bertz CT molecular complexity index is 639. The Balaban J connectivity index is 1.80. The van der Waals surface area contributed by atoms with Crippen molar-refractivity contribution in [3.63, 3.8) is 0 Å². The van der Waals surface area contributed by atoms with Gasteiger partial charge in [-0.05, 0) is 18.2 Å². The molecule has 6 heteroatoms. The molecule has 0 radical (unpaired) electrons. The molecule has 0 saturated heterocycles. The van der Waals surface area contributed by atoms with Gasteiger partial charge in [-0.3, -0.25) is 4.98 Å². The van der Waals surface area contributed by atoms with Crippen molar-refractivity contribution in [2.75, 3.05) is 5.32 Å². The van der Waals surface area contributed by atoms with Crippen LogP contribution < -0.4 is 5.32 Å². The fourth-order valence-corrected chi connectivity index (χ4v) is 1.57. The molecule has 92 valence electrons. The van der Waals surface area contributed by atoms with Crippen LogP contribution in [0.5, 0.6) is 0 Å². The van der Waals surface area contributed by atoms with Crippen molar-refractivity contribution in [2.24, 2.45) is 0 Å². The minimum atomic E-state index is 0.527. The molecular formula is C13H10N6. The normalized spacial score (nSPS) is 10.1. The van der Waals surface area contributed by atoms with E-state index in [4.69, 9.17) is 0 Å². The van der Waals surface area contributed by atoms with E-state index in [1.165, 1.54) is 0 Å². The molecule has 0 aliphatic heterocycles. The summed E-state index contributed by atoms with van der Waals surface area (Å²) in [6.07, 6.45) is 10.2. The lowest BCUT2D eigenvalue weighted by atomic mass is 10.2. The van der Waals surface area contributed by atoms with Crippen molar-refractivity contribution < 1.29 is 0 Å². The molecule has 6 nitrogen and oxygen atoms in total. The molecule has 0 fully saturated rings. The molecule has 3 rings (SSSR count). The summed E-state index contributed by atoms with van der Waals surface area (Å²) in [6.45, 7) is 0. The predicted molar refractivity (Wildman–Crippen MR) is 70.6 cm³/mol. The van der Waals surface area contributed by atoms with Gasteiger partial charge in [-0.15, -0.1) is 0 Å². The number of nitrogens with one attached hydrogen (secondary N) is 1. The van der Waals surface area contributed by atoms with Gasteiger partial charge in [0.1, 0.15) is 0 Å². The summed E-state index contributed by atoms with van der Waals surface area (Å²) in [5.41, 5.74) is 2.68. The molecule has 0 amide bonds. The first-order chi connectivity index (χ1) is 9.42. The fraction of sp³-hybridized carbons (Fsp3) is 0. The number of anilines is 2. The molecular weight excluding hydrogens is 240 g/mol. The van der Waals surface area contributed by atoms with Crippen LogP contribution in [0.1, 0.15) is 0 Å². The third kappa shape index (κ3) is 2.68. The third-order valence-electron chi connectivity index (χ3n) is 2.49. The van der Waals surface area contributed by atoms with Crippen molar-refractivity contribution in [1.29, 1.82) is 0 Å². The SMILES string of the molecule is c1cncc(Nc2ncc(-c3ccnnc3)cn2)c1. The highest BCUT2D eigenvalue weighted by Gasteiger charge is 2.01. The van der Waals surface area contributed by atoms with Gasteiger partial charge in [0.2, 0.25) is 5.95 Å². The van der Waals surface area contributed by atoms with Crippen LogP contribution >= 0.6 is 0 Å². The van der Waals surface area contributed by atoms with Gasteiger partial charge < -0.3 is 5.32 Å². The zero-order chi connectivity index (χ0) is 12.9. The van der Waals surface area contributed by atoms with E-state index in [1.807, 2.05) is 18.2 Å². The van der Waals surface area contributed by atoms with Crippen LogP contribution in [0.3, 0.4) is 0 Å². The molecule has 3 heterocycles. The molecule has 1 N–H and O–H groups in total. The Kier molecular flexibility index (Phi) is 3.05. The molecule has 0 atom stereocenters. The molecule has 0 saturated carbocycles. The quantitative estimate of drug-likeness (QED) is 0.766. The van der Waals surface area contributed by atoms with Crippen molar-refractivity contribution in [3.05, 3.63) is 55.4 Å². The van der Waals surface area contributed by atoms with E-state index >= 15 is 0 Å². The number of hydrogen-bond donors (Lipinski definition) is 1. The largest absolute Gasteiger partial charge is 0.323 e. The molecule has 0 unspecified atom stereocenters. The Morgan fingerprint density at radius 1 is 0.789 bits per heavy atom. The van der Waals surface area contributed by atoms with Crippen LogP contribution in [-0.4, -0.2) is 25.1 Å². The summed E-state index contributed by atoms with van der Waals surface area (Å²) in [5.74, 6) is 0.527. The zero-order valence-corrected chi connectivity index (χ0v) is 9.93. The highest BCUT2D eigenvalue weighted by atomic mass is 15.1. The maximum Gasteiger partial charge on any atom is 0.227 e. The first kappa shape index (κ1) is 11.2. The van der Waals surface area contributed by atoms with Crippen LogP contribution in [0.25, 0.3) is 11.1 Å². The lowest BCUT2D eigenvalue weighted by Gasteiger charge is -2.04. The van der Waals surface area contributed by atoms with E-state index in [2.05, 4.69) is 30.5 Å². The summed E-state index contributed by atoms with van der Waals surface area (Å²) >= 11 is 0. The molecule has 3 aromatic heterocycles. The van der Waals surface area contributed by atoms with E-state index in [9.17, 15) is 0 Å². The Morgan fingerprint density at radius 2 is 1.68 bits per heavy atom. The zero-order valence-electron chi connectivity index (χ0n) is 9.93. The number of aromatic nitrogens is 5. The summed E-state index contributed by atoms with van der Waals surface area (Å²) in [5, 5.41) is 10.6. The van der Waals surface area contributed by atoms with Crippen LogP contribution in [-0.2, 0) is 0 Å². The second-order valence-electron chi connectivity index (χ2n) is 3.79. The lowest BCUT2D eigenvalue weighted by Crippen LogP contribution is -1.97. The highest BCUT2D eigenvalue weighted by Crippen LogP contribution is 2.17. The molecule has 0 bridgehead atoms. The molecule has 3 aromatic rings. The van der Waals surface area contributed by atoms with Gasteiger partial charge in [-0.1, -0.05) is 0 Å². The van der Waals surface area contributed by atoms with E-state index in [-0.39, 0.29) is 0 Å². The van der Waals surface area contributed by atoms with E-state index in [0.717, 1.165) is 16.8 Å². The monoisotopic (exact) mass is 250 g/mol. The summed E-state index contributed by atoms with van der Waals surface area (Å²) < 4.78 is 0. The third-order valence-corrected chi connectivity index (χ3v) is 2.49. The second kappa shape index (κ2) is 5.18. The van der Waals surface area contributed by atoms with Gasteiger partial charge in [-0.25, -0.2) is 9.97 Å². The smallest absolute Gasteiger partial charge is 0.227 e. The van der Waals surface area contributed by atoms with Gasteiger partial charge in [0.25, 0.3) is 0 Å². The van der Waals surface area contributed by atoms with Crippen LogP contribution in [0.2, 0.25) is 0 Å². The van der Waals surface area contributed by atoms with Crippen molar-refractivity contribution in [1.82, 2.24) is 25.1 Å². The van der Waals surface area contributed by atoms with E-state index < -0.39 is 0 Å². The number of nitrogens with zero attached hydrogens (tertiary/aromatic N) is 5. The average Bonchev–Trinajstić information content (AvgIpc) is 2.50. The Morgan fingerprint density at radius 3 is 2.37 bits per heavy atom.